The van der Waals surface area contributed by atoms with Gasteiger partial charge in [-0.25, -0.2) is 8.42 Å². The van der Waals surface area contributed by atoms with Crippen molar-refractivity contribution < 1.29 is 13.2 Å². The van der Waals surface area contributed by atoms with Crippen LogP contribution in [0, 0.1) is 0 Å². The van der Waals surface area contributed by atoms with Crippen molar-refractivity contribution >= 4 is 15.9 Å². The monoisotopic (exact) mass is 367 g/mol. The fourth-order valence-electron chi connectivity index (χ4n) is 3.28. The molecular weight excluding hydrogens is 338 g/mol. The van der Waals surface area contributed by atoms with Crippen LogP contribution in [0.25, 0.3) is 0 Å². The Bertz CT molecular complexity index is 691. The van der Waals surface area contributed by atoms with Gasteiger partial charge in [0.05, 0.1) is 5.75 Å². The molecule has 0 aliphatic carbocycles. The number of sulfonamides is 1. The summed E-state index contributed by atoms with van der Waals surface area (Å²) >= 11 is 0. The predicted octanol–water partition coefficient (Wildman–Crippen LogP) is 1.51. The second-order valence-corrected chi connectivity index (χ2v) is 8.71. The summed E-state index contributed by atoms with van der Waals surface area (Å²) in [5.74, 6) is 0.00114. The molecule has 0 aromatic heterocycles. The zero-order valence-corrected chi connectivity index (χ0v) is 15.9. The van der Waals surface area contributed by atoms with Gasteiger partial charge >= 0.3 is 0 Å². The van der Waals surface area contributed by atoms with E-state index in [9.17, 15) is 13.2 Å². The maximum Gasteiger partial charge on any atom is 0.251 e. The zero-order chi connectivity index (χ0) is 18.4. The number of carbonyl (C=O) groups is 1. The van der Waals surface area contributed by atoms with Gasteiger partial charge in [0.25, 0.3) is 5.91 Å². The highest BCUT2D eigenvalue weighted by atomic mass is 32.2. The van der Waals surface area contributed by atoms with Crippen LogP contribution in [-0.4, -0.2) is 49.6 Å². The number of hydrogen-bond donors (Lipinski definition) is 2. The summed E-state index contributed by atoms with van der Waals surface area (Å²) in [4.78, 5) is 12.5. The topological polar surface area (TPSA) is 92.5 Å². The normalized spacial score (nSPS) is 21.9. The van der Waals surface area contributed by atoms with E-state index < -0.39 is 10.0 Å². The Morgan fingerprint density at radius 3 is 2.80 bits per heavy atom. The summed E-state index contributed by atoms with van der Waals surface area (Å²) in [5.41, 5.74) is 7.21. The van der Waals surface area contributed by atoms with E-state index in [1.807, 2.05) is 31.2 Å². The molecule has 3 N–H and O–H groups in total. The number of piperidine rings is 1. The lowest BCUT2D eigenvalue weighted by Crippen LogP contribution is -2.51. The molecule has 1 saturated heterocycles. The highest BCUT2D eigenvalue weighted by molar-refractivity contribution is 7.89. The molecule has 0 radical (unpaired) electrons. The van der Waals surface area contributed by atoms with Crippen molar-refractivity contribution in [3.8, 4) is 0 Å². The predicted molar refractivity (Wildman–Crippen MR) is 99.9 cm³/mol. The van der Waals surface area contributed by atoms with Gasteiger partial charge in [0, 0.05) is 24.2 Å². The first-order valence-electron chi connectivity index (χ1n) is 8.96. The van der Waals surface area contributed by atoms with Gasteiger partial charge in [-0.15, -0.1) is 0 Å². The first-order valence-corrected chi connectivity index (χ1v) is 10.6. The maximum atomic E-state index is 12.5. The Hall–Kier alpha value is -1.44. The molecule has 7 heteroatoms. The minimum absolute atomic E-state index is 0.00580. The summed E-state index contributed by atoms with van der Waals surface area (Å²) in [7, 11) is -3.27. The van der Waals surface area contributed by atoms with E-state index in [-0.39, 0.29) is 23.7 Å². The van der Waals surface area contributed by atoms with E-state index in [2.05, 4.69) is 12.2 Å². The van der Waals surface area contributed by atoms with Crippen LogP contribution in [0.3, 0.4) is 0 Å². The number of carbonyl (C=O) groups excluding carboxylic acids is 1. The highest BCUT2D eigenvalue weighted by Gasteiger charge is 2.33. The van der Waals surface area contributed by atoms with Crippen molar-refractivity contribution in [2.45, 2.75) is 51.6 Å². The summed E-state index contributed by atoms with van der Waals surface area (Å²) in [5, 5.41) is 3.05. The Kier molecular flexibility index (Phi) is 6.98. The fraction of sp³-hybridized carbons (Fsp3) is 0.611. The van der Waals surface area contributed by atoms with Crippen molar-refractivity contribution in [2.75, 3.05) is 18.8 Å². The van der Waals surface area contributed by atoms with E-state index in [0.717, 1.165) is 12.0 Å². The summed E-state index contributed by atoms with van der Waals surface area (Å²) in [6.45, 7) is 4.76. The van der Waals surface area contributed by atoms with Crippen molar-refractivity contribution in [3.63, 3.8) is 0 Å². The number of nitrogens with two attached hydrogens (primary N) is 1. The average molecular weight is 368 g/mol. The van der Waals surface area contributed by atoms with Crippen molar-refractivity contribution in [1.29, 1.82) is 0 Å². The quantitative estimate of drug-likeness (QED) is 0.764. The summed E-state index contributed by atoms with van der Waals surface area (Å²) < 4.78 is 26.3. The van der Waals surface area contributed by atoms with Crippen LogP contribution in [0.15, 0.2) is 24.3 Å². The first-order chi connectivity index (χ1) is 11.9. The number of hydrogen-bond acceptors (Lipinski definition) is 4. The number of amides is 1. The lowest BCUT2D eigenvalue weighted by atomic mass is 10.00. The largest absolute Gasteiger partial charge is 0.349 e. The lowest BCUT2D eigenvalue weighted by molar-refractivity contribution is 0.0914. The van der Waals surface area contributed by atoms with Gasteiger partial charge in [-0.05, 0) is 56.8 Å². The van der Waals surface area contributed by atoms with Gasteiger partial charge in [0.2, 0.25) is 10.0 Å². The molecule has 1 aliphatic rings. The van der Waals surface area contributed by atoms with Gasteiger partial charge in [-0.3, -0.25) is 4.79 Å². The van der Waals surface area contributed by atoms with Crippen LogP contribution in [-0.2, 0) is 16.4 Å². The molecular formula is C18H29N3O3S. The second kappa shape index (κ2) is 8.78. The van der Waals surface area contributed by atoms with Gasteiger partial charge in [-0.1, -0.05) is 19.1 Å². The van der Waals surface area contributed by atoms with Gasteiger partial charge in [0.15, 0.2) is 0 Å². The third-order valence-corrected chi connectivity index (χ3v) is 6.77. The van der Waals surface area contributed by atoms with Crippen LogP contribution in [0.2, 0.25) is 0 Å². The molecule has 0 spiro atoms. The van der Waals surface area contributed by atoms with Crippen LogP contribution in [0.5, 0.6) is 0 Å². The van der Waals surface area contributed by atoms with Gasteiger partial charge in [0.1, 0.15) is 0 Å². The first kappa shape index (κ1) is 19.9. The SMILES string of the molecule is CCc1cccc(C(=O)N[C@H]2CCN(S(=O)(=O)CCCN)[C@@H](C)C2)c1. The third-order valence-electron chi connectivity index (χ3n) is 4.71. The molecule has 1 aromatic rings. The smallest absolute Gasteiger partial charge is 0.251 e. The molecule has 1 aromatic carbocycles. The number of benzene rings is 1. The molecule has 2 rings (SSSR count). The molecule has 2 atom stereocenters. The molecule has 6 nitrogen and oxygen atoms in total. The number of aryl methyl sites for hydroxylation is 1. The van der Waals surface area contributed by atoms with E-state index >= 15 is 0 Å². The van der Waals surface area contributed by atoms with Crippen molar-refractivity contribution in [2.24, 2.45) is 5.73 Å². The summed E-state index contributed by atoms with van der Waals surface area (Å²) in [6.07, 6.45) is 2.61. The third kappa shape index (κ3) is 5.26. The molecule has 140 valence electrons. The minimum atomic E-state index is -3.27. The molecule has 1 aliphatic heterocycles. The second-order valence-electron chi connectivity index (χ2n) is 6.67. The molecule has 1 amide bonds. The molecule has 0 unspecified atom stereocenters. The van der Waals surface area contributed by atoms with Gasteiger partial charge in [-0.2, -0.15) is 4.31 Å². The van der Waals surface area contributed by atoms with E-state index in [1.54, 1.807) is 4.31 Å². The Morgan fingerprint density at radius 1 is 1.40 bits per heavy atom. The van der Waals surface area contributed by atoms with E-state index in [0.29, 0.717) is 37.9 Å². The lowest BCUT2D eigenvalue weighted by Gasteiger charge is -2.37. The molecule has 1 fully saturated rings. The molecule has 25 heavy (non-hydrogen) atoms. The van der Waals surface area contributed by atoms with Crippen molar-refractivity contribution in [1.82, 2.24) is 9.62 Å². The standard InChI is InChI=1S/C18H29N3O3S/c1-3-15-6-4-7-16(13-15)18(22)20-17-8-10-21(14(2)12-17)25(23,24)11-5-9-19/h4,6-7,13-14,17H,3,5,8-12,19H2,1-2H3,(H,20,22)/t14-,17-/m0/s1. The highest BCUT2D eigenvalue weighted by Crippen LogP contribution is 2.22. The van der Waals surface area contributed by atoms with Crippen LogP contribution in [0.1, 0.15) is 49.0 Å². The number of nitrogens with zero attached hydrogens (tertiary/aromatic N) is 1. The average Bonchev–Trinajstić information content (AvgIpc) is 2.60. The Balaban J connectivity index is 1.95. The maximum absolute atomic E-state index is 12.5. The fourth-order valence-corrected chi connectivity index (χ4v) is 5.06. The zero-order valence-electron chi connectivity index (χ0n) is 15.1. The molecule has 1 heterocycles. The molecule has 0 bridgehead atoms. The van der Waals surface area contributed by atoms with Crippen molar-refractivity contribution in [3.05, 3.63) is 35.4 Å². The Labute approximate surface area is 150 Å². The minimum Gasteiger partial charge on any atom is -0.349 e. The van der Waals surface area contributed by atoms with Crippen LogP contribution < -0.4 is 11.1 Å². The Morgan fingerprint density at radius 2 is 2.16 bits per heavy atom. The van der Waals surface area contributed by atoms with E-state index in [4.69, 9.17) is 5.73 Å². The van der Waals surface area contributed by atoms with Crippen LogP contribution in [0.4, 0.5) is 0 Å². The molecule has 0 saturated carbocycles. The summed E-state index contributed by atoms with van der Waals surface area (Å²) in [6, 6.07) is 7.49. The van der Waals surface area contributed by atoms with Crippen LogP contribution >= 0.6 is 0 Å². The number of rotatable bonds is 7. The van der Waals surface area contributed by atoms with E-state index in [1.165, 1.54) is 0 Å². The number of nitrogens with one attached hydrogen (secondary N) is 1. The van der Waals surface area contributed by atoms with Gasteiger partial charge < -0.3 is 11.1 Å².